The summed E-state index contributed by atoms with van der Waals surface area (Å²) in [5.41, 5.74) is 5.30. The fourth-order valence-corrected chi connectivity index (χ4v) is 2.43. The zero-order valence-electron chi connectivity index (χ0n) is 8.57. The molecule has 0 rings (SSSR count). The van der Waals surface area contributed by atoms with Gasteiger partial charge in [-0.15, -0.1) is 0 Å². The van der Waals surface area contributed by atoms with Crippen LogP contribution in [-0.2, 0) is 9.15 Å². The fourth-order valence-electron chi connectivity index (χ4n) is 0.938. The van der Waals surface area contributed by atoms with Crippen molar-refractivity contribution in [3.05, 3.63) is 0 Å². The molecule has 0 saturated carbocycles. The Bertz CT molecular complexity index is 209. The smallest absolute Gasteiger partial charge is 0.739 e. The summed E-state index contributed by atoms with van der Waals surface area (Å²) in [7, 11) is -3.59. The Balaban J connectivity index is 0. The summed E-state index contributed by atoms with van der Waals surface area (Å²) in [5, 5.41) is 0. The third-order valence-corrected chi connectivity index (χ3v) is 3.69. The van der Waals surface area contributed by atoms with Crippen LogP contribution in [0.4, 0.5) is 0 Å². The Morgan fingerprint density at radius 2 is 1.57 bits per heavy atom. The minimum absolute atomic E-state index is 0. The van der Waals surface area contributed by atoms with E-state index in [0.29, 0.717) is 23.1 Å². The van der Waals surface area contributed by atoms with E-state index in [1.54, 1.807) is 0 Å². The largest absolute Gasteiger partial charge is 1.00 e. The van der Waals surface area contributed by atoms with E-state index in [4.69, 9.17) is 5.73 Å². The SMILES string of the molecule is NCCCCCCCSS(=O)(=O)[O-].[Na+]. The maximum Gasteiger partial charge on any atom is 1.00 e. The van der Waals surface area contributed by atoms with Gasteiger partial charge in [0.05, 0.1) is 0 Å². The summed E-state index contributed by atoms with van der Waals surface area (Å²) >= 11 is 0. The second kappa shape index (κ2) is 10.7. The first-order valence-corrected chi connectivity index (χ1v) is 7.27. The third kappa shape index (κ3) is 15.7. The van der Waals surface area contributed by atoms with E-state index in [2.05, 4.69) is 0 Å². The predicted octanol–water partition coefficient (Wildman–Crippen LogP) is -1.91. The van der Waals surface area contributed by atoms with E-state index in [9.17, 15) is 13.0 Å². The average molecular weight is 249 g/mol. The van der Waals surface area contributed by atoms with Crippen molar-refractivity contribution in [1.29, 1.82) is 0 Å². The van der Waals surface area contributed by atoms with E-state index in [1.165, 1.54) is 0 Å². The molecule has 80 valence electrons. The molecule has 0 fully saturated rings. The van der Waals surface area contributed by atoms with Gasteiger partial charge >= 0.3 is 29.6 Å². The Morgan fingerprint density at radius 1 is 1.07 bits per heavy atom. The van der Waals surface area contributed by atoms with Gasteiger partial charge in [-0.3, -0.25) is 0 Å². The Hall–Kier alpha value is 1.22. The molecule has 0 heterocycles. The van der Waals surface area contributed by atoms with Crippen molar-refractivity contribution in [2.45, 2.75) is 32.1 Å². The normalized spacial score (nSPS) is 11.0. The van der Waals surface area contributed by atoms with Crippen LogP contribution in [0.3, 0.4) is 0 Å². The molecule has 0 aliphatic carbocycles. The van der Waals surface area contributed by atoms with Gasteiger partial charge in [-0.2, -0.15) is 0 Å². The molecule has 4 nitrogen and oxygen atoms in total. The molecule has 0 aromatic rings. The molecule has 0 atom stereocenters. The van der Waals surface area contributed by atoms with Crippen molar-refractivity contribution in [3.63, 3.8) is 0 Å². The Morgan fingerprint density at radius 3 is 2.07 bits per heavy atom. The fraction of sp³-hybridized carbons (Fsp3) is 1.00. The van der Waals surface area contributed by atoms with Crippen LogP contribution in [0.25, 0.3) is 0 Å². The third-order valence-electron chi connectivity index (χ3n) is 1.58. The molecule has 0 aliphatic rings. The summed E-state index contributed by atoms with van der Waals surface area (Å²) in [6.45, 7) is 0.712. The van der Waals surface area contributed by atoms with Crippen LogP contribution < -0.4 is 35.3 Å². The molecular weight excluding hydrogens is 233 g/mol. The molecule has 0 unspecified atom stereocenters. The Kier molecular flexibility index (Phi) is 13.5. The maximum absolute atomic E-state index is 10.2. The molecule has 0 aromatic carbocycles. The van der Waals surface area contributed by atoms with E-state index < -0.39 is 9.15 Å². The van der Waals surface area contributed by atoms with Gasteiger partial charge in [-0.1, -0.05) is 19.3 Å². The average Bonchev–Trinajstić information content (AvgIpc) is 2.01. The van der Waals surface area contributed by atoms with Crippen LogP contribution >= 0.6 is 10.8 Å². The van der Waals surface area contributed by atoms with Crippen molar-refractivity contribution < 1.29 is 42.5 Å². The first kappa shape index (κ1) is 17.6. The summed E-state index contributed by atoms with van der Waals surface area (Å²) in [5.74, 6) is 0.411. The summed E-state index contributed by atoms with van der Waals surface area (Å²) in [6, 6.07) is 0. The van der Waals surface area contributed by atoms with Crippen LogP contribution in [0.1, 0.15) is 32.1 Å². The molecular formula is C7H16NNaO3S2. The number of hydrogen-bond donors (Lipinski definition) is 1. The Labute approximate surface area is 112 Å². The molecule has 14 heavy (non-hydrogen) atoms. The van der Waals surface area contributed by atoms with Crippen molar-refractivity contribution in [2.24, 2.45) is 5.73 Å². The van der Waals surface area contributed by atoms with Crippen molar-refractivity contribution in [3.8, 4) is 0 Å². The van der Waals surface area contributed by atoms with Gasteiger partial charge in [0.15, 0.2) is 0 Å². The minimum atomic E-state index is -4.07. The van der Waals surface area contributed by atoms with Crippen LogP contribution in [0.2, 0.25) is 0 Å². The van der Waals surface area contributed by atoms with E-state index in [0.717, 1.165) is 32.1 Å². The minimum Gasteiger partial charge on any atom is -0.739 e. The van der Waals surface area contributed by atoms with E-state index >= 15 is 0 Å². The number of nitrogens with two attached hydrogens (primary N) is 1. The summed E-state index contributed by atoms with van der Waals surface area (Å²) < 4.78 is 30.5. The van der Waals surface area contributed by atoms with Crippen LogP contribution in [0, 0.1) is 0 Å². The second-order valence-corrected chi connectivity index (χ2v) is 6.18. The monoisotopic (exact) mass is 249 g/mol. The van der Waals surface area contributed by atoms with Gasteiger partial charge in [0.1, 0.15) is 9.15 Å². The van der Waals surface area contributed by atoms with Crippen LogP contribution in [0.15, 0.2) is 0 Å². The number of hydrogen-bond acceptors (Lipinski definition) is 5. The van der Waals surface area contributed by atoms with Gasteiger partial charge in [-0.05, 0) is 30.2 Å². The topological polar surface area (TPSA) is 83.2 Å². The number of rotatable bonds is 8. The van der Waals surface area contributed by atoms with Gasteiger partial charge in [0.25, 0.3) is 0 Å². The second-order valence-electron chi connectivity index (χ2n) is 2.79. The molecule has 0 bridgehead atoms. The molecule has 7 heteroatoms. The molecule has 0 amide bonds. The van der Waals surface area contributed by atoms with E-state index in [1.807, 2.05) is 0 Å². The van der Waals surface area contributed by atoms with Crippen molar-refractivity contribution >= 4 is 19.9 Å². The zero-order chi connectivity index (χ0) is 10.2. The zero-order valence-corrected chi connectivity index (χ0v) is 12.2. The van der Waals surface area contributed by atoms with Crippen molar-refractivity contribution in [2.75, 3.05) is 12.3 Å². The molecule has 0 saturated heterocycles. The van der Waals surface area contributed by atoms with Crippen LogP contribution in [0.5, 0.6) is 0 Å². The van der Waals surface area contributed by atoms with Gasteiger partial charge in [-0.25, -0.2) is 8.42 Å². The summed E-state index contributed by atoms with van der Waals surface area (Å²) in [6.07, 6.45) is 4.94. The first-order valence-electron chi connectivity index (χ1n) is 4.36. The predicted molar refractivity (Wildman–Crippen MR) is 54.3 cm³/mol. The van der Waals surface area contributed by atoms with Gasteiger partial charge in [0, 0.05) is 5.75 Å². The summed E-state index contributed by atoms with van der Waals surface area (Å²) in [4.78, 5) is 0. The molecule has 0 radical (unpaired) electrons. The molecule has 2 N–H and O–H groups in total. The van der Waals surface area contributed by atoms with Crippen molar-refractivity contribution in [1.82, 2.24) is 0 Å². The molecule has 0 spiro atoms. The van der Waals surface area contributed by atoms with Gasteiger partial charge in [0.2, 0.25) is 0 Å². The first-order chi connectivity index (χ1) is 6.06. The molecule has 0 aliphatic heterocycles. The van der Waals surface area contributed by atoms with Crippen LogP contribution in [-0.4, -0.2) is 25.3 Å². The maximum atomic E-state index is 10.2. The standard InChI is InChI=1S/C7H17NO3S2.Na/c8-6-4-2-1-3-5-7-12-13(9,10)11;/h1-8H2,(H,9,10,11);/q;+1/p-1. The van der Waals surface area contributed by atoms with E-state index in [-0.39, 0.29) is 29.6 Å². The quantitative estimate of drug-likeness (QED) is 0.235. The van der Waals surface area contributed by atoms with Gasteiger partial charge < -0.3 is 10.3 Å². The number of unbranched alkanes of at least 4 members (excludes halogenated alkanes) is 4. The molecule has 0 aromatic heterocycles.